The molecule has 0 radical (unpaired) electrons. The van der Waals surface area contributed by atoms with Crippen molar-refractivity contribution >= 4 is 23.3 Å². The van der Waals surface area contributed by atoms with Crippen LogP contribution in [0.15, 0.2) is 29.4 Å². The molecule has 0 unspecified atom stereocenters. The topological polar surface area (TPSA) is 111 Å². The molecule has 8 nitrogen and oxygen atoms in total. The van der Waals surface area contributed by atoms with Crippen molar-refractivity contribution in [3.63, 3.8) is 0 Å². The Morgan fingerprint density at radius 2 is 2.15 bits per heavy atom. The first-order chi connectivity index (χ1) is 9.45. The van der Waals surface area contributed by atoms with Crippen molar-refractivity contribution in [3.8, 4) is 0 Å². The predicted octanol–water partition coefficient (Wildman–Crippen LogP) is 1.26. The van der Waals surface area contributed by atoms with Gasteiger partial charge in [0, 0.05) is 17.7 Å². The fourth-order valence-corrected chi connectivity index (χ4v) is 1.24. The highest BCUT2D eigenvalue weighted by Crippen LogP contribution is 2.12. The Kier molecular flexibility index (Phi) is 5.33. The zero-order valence-electron chi connectivity index (χ0n) is 11.0. The van der Waals surface area contributed by atoms with E-state index in [0.717, 1.165) is 6.07 Å². The lowest BCUT2D eigenvalue weighted by molar-refractivity contribution is -0.384. The number of esters is 1. The van der Waals surface area contributed by atoms with Gasteiger partial charge in [-0.15, -0.1) is 0 Å². The summed E-state index contributed by atoms with van der Waals surface area (Å²) >= 11 is 0. The van der Waals surface area contributed by atoms with Crippen LogP contribution in [0.4, 0.5) is 5.69 Å². The summed E-state index contributed by atoms with van der Waals surface area (Å²) < 4.78 is 4.68. The molecule has 0 heterocycles. The quantitative estimate of drug-likeness (QED) is 0.377. The summed E-state index contributed by atoms with van der Waals surface area (Å²) in [5.74, 6) is -1.30. The molecule has 0 aliphatic rings. The molecule has 0 spiro atoms. The van der Waals surface area contributed by atoms with Gasteiger partial charge in [-0.25, -0.2) is 10.2 Å². The Morgan fingerprint density at radius 3 is 2.75 bits per heavy atom. The van der Waals surface area contributed by atoms with Crippen molar-refractivity contribution in [2.24, 2.45) is 5.10 Å². The van der Waals surface area contributed by atoms with Crippen LogP contribution in [-0.4, -0.2) is 29.1 Å². The molecule has 0 saturated heterocycles. The van der Waals surface area contributed by atoms with Crippen LogP contribution in [0.1, 0.15) is 24.2 Å². The Labute approximate surface area is 114 Å². The average Bonchev–Trinajstić information content (AvgIpc) is 2.44. The summed E-state index contributed by atoms with van der Waals surface area (Å²) in [5.41, 5.74) is 1.97. The number of hydrogen-bond donors (Lipinski definition) is 1. The highest BCUT2D eigenvalue weighted by molar-refractivity contribution is 6.35. The number of benzene rings is 1. The molecular weight excluding hydrogens is 266 g/mol. The molecule has 0 fully saturated rings. The van der Waals surface area contributed by atoms with E-state index in [1.54, 1.807) is 6.92 Å². The molecular formula is C12H13N3O5. The van der Waals surface area contributed by atoms with Crippen LogP contribution in [-0.2, 0) is 9.53 Å². The third-order valence-corrected chi connectivity index (χ3v) is 2.22. The Morgan fingerprint density at radius 1 is 1.45 bits per heavy atom. The van der Waals surface area contributed by atoms with Crippen molar-refractivity contribution in [1.82, 2.24) is 5.43 Å². The molecule has 0 atom stereocenters. The largest absolute Gasteiger partial charge is 0.461 e. The number of amides is 1. The molecule has 1 rings (SSSR count). The fraction of sp³-hybridized carbons (Fsp3) is 0.250. The monoisotopic (exact) mass is 279 g/mol. The highest BCUT2D eigenvalue weighted by atomic mass is 16.6. The van der Waals surface area contributed by atoms with Gasteiger partial charge in [0.25, 0.3) is 11.6 Å². The number of hydrazone groups is 1. The SMILES string of the molecule is CCOC(=O)/C(C)=N/NC(=O)c1cccc([N+](=O)[O-])c1. The van der Waals surface area contributed by atoms with Crippen molar-refractivity contribution in [2.45, 2.75) is 13.8 Å². The van der Waals surface area contributed by atoms with E-state index in [0.29, 0.717) is 0 Å². The molecule has 0 aromatic heterocycles. The van der Waals surface area contributed by atoms with Gasteiger partial charge >= 0.3 is 5.97 Å². The Balaban J connectivity index is 2.77. The zero-order valence-corrected chi connectivity index (χ0v) is 11.0. The maximum Gasteiger partial charge on any atom is 0.354 e. The molecule has 0 bridgehead atoms. The first-order valence-corrected chi connectivity index (χ1v) is 5.72. The standard InChI is InChI=1S/C12H13N3O5/c1-3-20-12(17)8(2)13-14-11(16)9-5-4-6-10(7-9)15(18)19/h4-7H,3H2,1-2H3,(H,14,16)/b13-8+. The molecule has 1 N–H and O–H groups in total. The second kappa shape index (κ2) is 6.98. The van der Waals surface area contributed by atoms with Crippen molar-refractivity contribution in [3.05, 3.63) is 39.9 Å². The molecule has 1 amide bonds. The first kappa shape index (κ1) is 15.3. The van der Waals surface area contributed by atoms with E-state index in [1.165, 1.54) is 25.1 Å². The fourth-order valence-electron chi connectivity index (χ4n) is 1.24. The number of nitro groups is 1. The smallest absolute Gasteiger partial charge is 0.354 e. The van der Waals surface area contributed by atoms with Gasteiger partial charge in [-0.3, -0.25) is 14.9 Å². The van der Waals surface area contributed by atoms with Crippen LogP contribution in [0.3, 0.4) is 0 Å². The van der Waals surface area contributed by atoms with E-state index >= 15 is 0 Å². The van der Waals surface area contributed by atoms with E-state index in [2.05, 4.69) is 15.3 Å². The average molecular weight is 279 g/mol. The predicted molar refractivity (Wildman–Crippen MR) is 70.3 cm³/mol. The molecule has 20 heavy (non-hydrogen) atoms. The number of carbonyl (C=O) groups is 2. The van der Waals surface area contributed by atoms with Crippen molar-refractivity contribution < 1.29 is 19.2 Å². The second-order valence-electron chi connectivity index (χ2n) is 3.67. The lowest BCUT2D eigenvalue weighted by Gasteiger charge is -2.02. The van der Waals surface area contributed by atoms with Crippen LogP contribution in [0.25, 0.3) is 0 Å². The molecule has 0 aliphatic carbocycles. The number of carbonyl (C=O) groups excluding carboxylic acids is 2. The summed E-state index contributed by atoms with van der Waals surface area (Å²) in [6.07, 6.45) is 0. The minimum Gasteiger partial charge on any atom is -0.461 e. The van der Waals surface area contributed by atoms with E-state index in [-0.39, 0.29) is 23.6 Å². The number of nitrogens with zero attached hydrogens (tertiary/aromatic N) is 2. The summed E-state index contributed by atoms with van der Waals surface area (Å²) in [4.78, 5) is 32.9. The van der Waals surface area contributed by atoms with Crippen LogP contribution in [0.5, 0.6) is 0 Å². The second-order valence-corrected chi connectivity index (χ2v) is 3.67. The number of nitro benzene ring substituents is 1. The van der Waals surface area contributed by atoms with Gasteiger partial charge in [0.15, 0.2) is 0 Å². The van der Waals surface area contributed by atoms with Crippen molar-refractivity contribution in [1.29, 1.82) is 0 Å². The molecule has 8 heteroatoms. The first-order valence-electron chi connectivity index (χ1n) is 5.72. The maximum absolute atomic E-state index is 11.7. The number of nitrogens with one attached hydrogen (secondary N) is 1. The molecule has 106 valence electrons. The summed E-state index contributed by atoms with van der Waals surface area (Å²) in [7, 11) is 0. The maximum atomic E-state index is 11.7. The van der Waals surface area contributed by atoms with Gasteiger partial charge in [0.1, 0.15) is 5.71 Å². The molecule has 0 aliphatic heterocycles. The van der Waals surface area contributed by atoms with Gasteiger partial charge in [-0.2, -0.15) is 5.10 Å². The minimum atomic E-state index is -0.655. The lowest BCUT2D eigenvalue weighted by atomic mass is 10.2. The molecule has 0 saturated carbocycles. The zero-order chi connectivity index (χ0) is 15.1. The summed E-state index contributed by atoms with van der Waals surface area (Å²) in [6, 6.07) is 5.17. The van der Waals surface area contributed by atoms with Crippen LogP contribution in [0.2, 0.25) is 0 Å². The Bertz CT molecular complexity index is 568. The van der Waals surface area contributed by atoms with Gasteiger partial charge in [-0.05, 0) is 19.9 Å². The van der Waals surface area contributed by atoms with Crippen LogP contribution < -0.4 is 5.43 Å². The normalized spacial score (nSPS) is 10.8. The summed E-state index contributed by atoms with van der Waals surface area (Å²) in [6.45, 7) is 3.23. The van der Waals surface area contributed by atoms with Crippen LogP contribution in [0, 0.1) is 10.1 Å². The van der Waals surface area contributed by atoms with E-state index in [1.807, 2.05) is 0 Å². The van der Waals surface area contributed by atoms with Gasteiger partial charge in [0.05, 0.1) is 11.5 Å². The number of hydrogen-bond acceptors (Lipinski definition) is 6. The lowest BCUT2D eigenvalue weighted by Crippen LogP contribution is -2.23. The Hall–Kier alpha value is -2.77. The number of rotatable bonds is 5. The van der Waals surface area contributed by atoms with E-state index < -0.39 is 16.8 Å². The van der Waals surface area contributed by atoms with Gasteiger partial charge < -0.3 is 4.74 Å². The number of ether oxygens (including phenoxy) is 1. The third-order valence-electron chi connectivity index (χ3n) is 2.22. The molecule has 1 aromatic rings. The highest BCUT2D eigenvalue weighted by Gasteiger charge is 2.12. The van der Waals surface area contributed by atoms with E-state index in [4.69, 9.17) is 0 Å². The van der Waals surface area contributed by atoms with Gasteiger partial charge in [-0.1, -0.05) is 6.07 Å². The van der Waals surface area contributed by atoms with E-state index in [9.17, 15) is 19.7 Å². The van der Waals surface area contributed by atoms with Crippen molar-refractivity contribution in [2.75, 3.05) is 6.61 Å². The minimum absolute atomic E-state index is 0.0226. The third kappa shape index (κ3) is 4.16. The molecule has 1 aromatic carbocycles. The van der Waals surface area contributed by atoms with Crippen LogP contribution >= 0.6 is 0 Å². The summed E-state index contributed by atoms with van der Waals surface area (Å²) in [5, 5.41) is 14.2. The van der Waals surface area contributed by atoms with Gasteiger partial charge in [0.2, 0.25) is 0 Å². The number of non-ortho nitro benzene ring substituents is 1.